The molecule has 0 aromatic carbocycles. The van der Waals surface area contributed by atoms with Crippen molar-refractivity contribution in [1.82, 2.24) is 0 Å². The third-order valence-corrected chi connectivity index (χ3v) is 13.6. The summed E-state index contributed by atoms with van der Waals surface area (Å²) in [5.41, 5.74) is 3.18. The van der Waals surface area contributed by atoms with E-state index in [2.05, 4.69) is 104 Å². The van der Waals surface area contributed by atoms with Crippen LogP contribution in [0.25, 0.3) is 9.75 Å². The van der Waals surface area contributed by atoms with Gasteiger partial charge in [0.25, 0.3) is 0 Å². The number of hydrogen-bond donors (Lipinski definition) is 0. The summed E-state index contributed by atoms with van der Waals surface area (Å²) in [4.78, 5) is 6.21. The minimum absolute atomic E-state index is 0.375. The third kappa shape index (κ3) is 6.38. The molecular formula is C26H40Ga2S2. The van der Waals surface area contributed by atoms with Gasteiger partial charge >= 0.3 is 216 Å². The normalized spacial score (nSPS) is 16.6. The zero-order valence-corrected chi connectivity index (χ0v) is 27.3. The molecule has 162 valence electrons. The van der Waals surface area contributed by atoms with E-state index in [1.807, 2.05) is 37.2 Å². The van der Waals surface area contributed by atoms with Gasteiger partial charge in [0.1, 0.15) is 0 Å². The van der Waals surface area contributed by atoms with Crippen LogP contribution in [0.3, 0.4) is 0 Å². The first-order valence-corrected chi connectivity index (χ1v) is 15.5. The van der Waals surface area contributed by atoms with E-state index in [-0.39, 0.29) is 0 Å². The van der Waals surface area contributed by atoms with E-state index in [0.29, 0.717) is 31.6 Å². The minimum atomic E-state index is 0.375. The number of thiophene rings is 2. The van der Waals surface area contributed by atoms with E-state index < -0.39 is 0 Å². The number of hydrogen-bond acceptors (Lipinski definition) is 2. The second-order valence-corrected chi connectivity index (χ2v) is 18.7. The Bertz CT molecular complexity index is 835. The Morgan fingerprint density at radius 1 is 0.733 bits per heavy atom. The predicted octanol–water partition coefficient (Wildman–Crippen LogP) is 8.81. The van der Waals surface area contributed by atoms with Crippen LogP contribution in [0.1, 0.15) is 102 Å². The van der Waals surface area contributed by atoms with Gasteiger partial charge in [-0.25, -0.2) is 0 Å². The average Bonchev–Trinajstić information content (AvgIpc) is 3.18. The van der Waals surface area contributed by atoms with Crippen LogP contribution in [0.15, 0.2) is 12.1 Å². The summed E-state index contributed by atoms with van der Waals surface area (Å²) < 4.78 is 0.763. The Labute approximate surface area is 214 Å². The molecule has 30 heavy (non-hydrogen) atoms. The topological polar surface area (TPSA) is 0 Å². The second kappa shape index (κ2) is 10.3. The second-order valence-electron chi connectivity index (χ2n) is 11.0. The molecule has 2 unspecified atom stereocenters. The van der Waals surface area contributed by atoms with Gasteiger partial charge in [0.05, 0.1) is 0 Å². The molecule has 0 saturated carbocycles. The van der Waals surface area contributed by atoms with Gasteiger partial charge in [-0.05, 0) is 0 Å². The van der Waals surface area contributed by atoms with Gasteiger partial charge in [0, 0.05) is 0 Å². The maximum atomic E-state index is 2.56. The Morgan fingerprint density at radius 3 is 1.67 bits per heavy atom. The summed E-state index contributed by atoms with van der Waals surface area (Å²) in [5, 5.41) is 0. The molecular weight excluding hydrogens is 516 g/mol. The fraction of sp³-hybridized carbons (Fsp3) is 0.692. The molecule has 4 radical (unpaired) electrons. The van der Waals surface area contributed by atoms with Crippen molar-refractivity contribution in [3.63, 3.8) is 0 Å². The Hall–Kier alpha value is 0.673. The predicted molar refractivity (Wildman–Crippen MR) is 141 cm³/mol. The maximum absolute atomic E-state index is 2.56. The van der Waals surface area contributed by atoms with E-state index >= 15 is 0 Å². The fourth-order valence-corrected chi connectivity index (χ4v) is 6.91. The van der Waals surface area contributed by atoms with Gasteiger partial charge in [0.15, 0.2) is 0 Å². The molecule has 2 heterocycles. The van der Waals surface area contributed by atoms with Crippen molar-refractivity contribution in [3.8, 4) is 9.75 Å². The third-order valence-electron chi connectivity index (χ3n) is 6.77. The summed E-state index contributed by atoms with van der Waals surface area (Å²) >= 11 is 7.91. The van der Waals surface area contributed by atoms with Crippen LogP contribution in [0.2, 0.25) is 7.94 Å². The summed E-state index contributed by atoms with van der Waals surface area (Å²) in [5.74, 6) is 2.60. The molecule has 2 aromatic heterocycles. The molecule has 0 aliphatic carbocycles. The molecule has 0 nitrogen and oxygen atoms in total. The molecule has 0 N–H and O–H groups in total. The Balaban J connectivity index is 2.56. The molecule has 2 rings (SSSR count). The summed E-state index contributed by atoms with van der Waals surface area (Å²) in [6, 6.07) is 5.09. The van der Waals surface area contributed by atoms with Crippen LogP contribution in [0.5, 0.6) is 0 Å². The molecule has 0 aliphatic heterocycles. The van der Waals surface area contributed by atoms with E-state index in [1.165, 1.54) is 17.7 Å². The molecule has 0 spiro atoms. The van der Waals surface area contributed by atoms with Crippen molar-refractivity contribution in [2.24, 2.45) is 11.8 Å². The summed E-state index contributed by atoms with van der Waals surface area (Å²) in [7, 11) is 0. The van der Waals surface area contributed by atoms with Gasteiger partial charge < -0.3 is 0 Å². The van der Waals surface area contributed by atoms with E-state index in [9.17, 15) is 0 Å². The zero-order valence-electron chi connectivity index (χ0n) is 20.8. The van der Waals surface area contributed by atoms with Crippen LogP contribution in [0, 0.1) is 11.8 Å². The van der Waals surface area contributed by atoms with Gasteiger partial charge in [-0.15, -0.1) is 0 Å². The monoisotopic (exact) mass is 554 g/mol. The van der Waals surface area contributed by atoms with Crippen molar-refractivity contribution in [3.05, 3.63) is 33.0 Å². The van der Waals surface area contributed by atoms with Crippen molar-refractivity contribution in [2.75, 3.05) is 0 Å². The molecule has 2 atom stereocenters. The van der Waals surface area contributed by atoms with E-state index in [0.717, 1.165) is 0 Å². The molecule has 0 saturated heterocycles. The van der Waals surface area contributed by atoms with Gasteiger partial charge in [0.2, 0.25) is 0 Å². The summed E-state index contributed by atoms with van der Waals surface area (Å²) in [6.07, 6.45) is 2.39. The van der Waals surface area contributed by atoms with Crippen LogP contribution >= 0.6 is 22.7 Å². The first kappa shape index (κ1) is 26.9. The first-order valence-electron chi connectivity index (χ1n) is 11.5. The van der Waals surface area contributed by atoms with Gasteiger partial charge in [-0.2, -0.15) is 0 Å². The van der Waals surface area contributed by atoms with Crippen LogP contribution in [-0.2, 0) is 12.8 Å². The van der Waals surface area contributed by atoms with Crippen LogP contribution in [0.4, 0.5) is 0 Å². The van der Waals surface area contributed by atoms with Crippen molar-refractivity contribution in [2.45, 2.75) is 102 Å². The fourth-order valence-electron chi connectivity index (χ4n) is 3.49. The molecule has 0 bridgehead atoms. The SMILES string of the molecule is CC(C)c1cc(C[C](C)([Ga])C(C)C)c(-c2cc(C[C](C)([Ga])C(C)C)c(C(C)C)s2)s1. The van der Waals surface area contributed by atoms with E-state index in [1.54, 1.807) is 25.8 Å². The number of rotatable bonds is 9. The molecule has 0 fully saturated rings. The van der Waals surface area contributed by atoms with Crippen molar-refractivity contribution < 1.29 is 0 Å². The first-order chi connectivity index (χ1) is 13.7. The Morgan fingerprint density at radius 2 is 1.23 bits per heavy atom. The average molecular weight is 556 g/mol. The van der Waals surface area contributed by atoms with E-state index in [4.69, 9.17) is 0 Å². The van der Waals surface area contributed by atoms with Gasteiger partial charge in [-0.1, -0.05) is 0 Å². The van der Waals surface area contributed by atoms with Crippen molar-refractivity contribution in [1.29, 1.82) is 0 Å². The summed E-state index contributed by atoms with van der Waals surface area (Å²) in [6.45, 7) is 23.9. The molecule has 0 aliphatic rings. The van der Waals surface area contributed by atoms with Crippen LogP contribution in [-0.4, -0.2) is 37.2 Å². The zero-order chi connectivity index (χ0) is 23.0. The quantitative estimate of drug-likeness (QED) is 0.271. The Kier molecular flexibility index (Phi) is 9.24. The van der Waals surface area contributed by atoms with Crippen LogP contribution < -0.4 is 0 Å². The standard InChI is InChI=1S/C26H40S2.2Ga/c1-15(2)19(9)11-21-14-24(28-25(21)18(7)8)26-22(12-20(10)16(3)4)13-23(27-26)17(5)6;;/h13-18H,11-12H2,1-10H3;;. The molecule has 4 heteroatoms. The molecule has 0 amide bonds. The van der Waals surface area contributed by atoms with Gasteiger partial charge in [-0.3, -0.25) is 0 Å². The van der Waals surface area contributed by atoms with Crippen molar-refractivity contribution >= 4 is 59.9 Å². The molecule has 2 aromatic rings.